The van der Waals surface area contributed by atoms with Gasteiger partial charge in [-0.2, -0.15) is 5.10 Å². The van der Waals surface area contributed by atoms with Gasteiger partial charge in [0.25, 0.3) is 0 Å². The Hall–Kier alpha value is -0.650. The Balaban J connectivity index is 2.32. The first-order chi connectivity index (χ1) is 7.20. The van der Waals surface area contributed by atoms with Crippen molar-refractivity contribution in [1.29, 1.82) is 0 Å². The molecule has 80 valence electrons. The molecule has 3 nitrogen and oxygen atoms in total. The highest BCUT2D eigenvalue weighted by Crippen LogP contribution is 2.28. The lowest BCUT2D eigenvalue weighted by molar-refractivity contribution is 0.643. The van der Waals surface area contributed by atoms with Crippen molar-refractivity contribution < 1.29 is 0 Å². The number of nitrogens with one attached hydrogen (secondary N) is 1. The van der Waals surface area contributed by atoms with Crippen LogP contribution in [0.1, 0.15) is 17.3 Å². The molecular formula is C10H12BrN3S. The Morgan fingerprint density at radius 3 is 2.87 bits per heavy atom. The standard InChI is InChI=1S/C10H12BrN3S/c1-12-10(7-5-9(11)15-6-7)8-3-4-14(2)13-8/h3-6,10,12H,1-2H3. The number of thiophene rings is 1. The molecule has 0 radical (unpaired) electrons. The molecule has 1 atom stereocenters. The maximum absolute atomic E-state index is 4.41. The summed E-state index contributed by atoms with van der Waals surface area (Å²) >= 11 is 5.16. The zero-order valence-electron chi connectivity index (χ0n) is 8.57. The number of nitrogens with zero attached hydrogens (tertiary/aromatic N) is 2. The predicted octanol–water partition coefficient (Wildman–Crippen LogP) is 2.55. The topological polar surface area (TPSA) is 29.9 Å². The minimum atomic E-state index is 0.175. The molecule has 0 amide bonds. The van der Waals surface area contributed by atoms with Gasteiger partial charge in [0.05, 0.1) is 15.5 Å². The van der Waals surface area contributed by atoms with Crippen molar-refractivity contribution in [3.05, 3.63) is 38.8 Å². The third kappa shape index (κ3) is 2.30. The smallest absolute Gasteiger partial charge is 0.0839 e. The Labute approximate surface area is 101 Å². The molecule has 2 rings (SSSR count). The van der Waals surface area contributed by atoms with E-state index in [1.807, 2.05) is 31.0 Å². The Morgan fingerprint density at radius 2 is 2.40 bits per heavy atom. The lowest BCUT2D eigenvalue weighted by Crippen LogP contribution is -2.17. The van der Waals surface area contributed by atoms with Crippen LogP contribution in [0.5, 0.6) is 0 Å². The van der Waals surface area contributed by atoms with E-state index < -0.39 is 0 Å². The molecule has 1 unspecified atom stereocenters. The summed E-state index contributed by atoms with van der Waals surface area (Å²) < 4.78 is 2.97. The Morgan fingerprint density at radius 1 is 1.60 bits per heavy atom. The summed E-state index contributed by atoms with van der Waals surface area (Å²) in [5.74, 6) is 0. The molecule has 0 spiro atoms. The first-order valence-corrected chi connectivity index (χ1v) is 6.28. The largest absolute Gasteiger partial charge is 0.308 e. The molecule has 0 aliphatic rings. The molecule has 0 aliphatic carbocycles. The summed E-state index contributed by atoms with van der Waals surface area (Å²) in [5, 5.41) is 9.82. The number of rotatable bonds is 3. The van der Waals surface area contributed by atoms with Crippen LogP contribution in [-0.4, -0.2) is 16.8 Å². The van der Waals surface area contributed by atoms with Crippen molar-refractivity contribution in [2.75, 3.05) is 7.05 Å². The molecule has 0 aromatic carbocycles. The van der Waals surface area contributed by atoms with E-state index in [0.29, 0.717) is 0 Å². The third-order valence-corrected chi connectivity index (χ3v) is 3.76. The molecule has 2 aromatic heterocycles. The van der Waals surface area contributed by atoms with E-state index in [9.17, 15) is 0 Å². The number of aromatic nitrogens is 2. The highest BCUT2D eigenvalue weighted by atomic mass is 79.9. The highest BCUT2D eigenvalue weighted by Gasteiger charge is 2.15. The number of halogens is 1. The van der Waals surface area contributed by atoms with Gasteiger partial charge in [-0.1, -0.05) is 0 Å². The second-order valence-electron chi connectivity index (χ2n) is 3.32. The fraction of sp³-hybridized carbons (Fsp3) is 0.300. The second-order valence-corrected chi connectivity index (χ2v) is 5.61. The minimum absolute atomic E-state index is 0.175. The van der Waals surface area contributed by atoms with Crippen LogP contribution in [0, 0.1) is 0 Å². The number of hydrogen-bond acceptors (Lipinski definition) is 3. The molecule has 0 saturated heterocycles. The van der Waals surface area contributed by atoms with Crippen LogP contribution >= 0.6 is 27.3 Å². The zero-order valence-corrected chi connectivity index (χ0v) is 11.0. The van der Waals surface area contributed by atoms with Crippen LogP contribution < -0.4 is 5.32 Å². The van der Waals surface area contributed by atoms with E-state index in [2.05, 4.69) is 37.8 Å². The molecular weight excluding hydrogens is 274 g/mol. The molecule has 0 fully saturated rings. The van der Waals surface area contributed by atoms with E-state index in [4.69, 9.17) is 0 Å². The highest BCUT2D eigenvalue weighted by molar-refractivity contribution is 9.11. The summed E-state index contributed by atoms with van der Waals surface area (Å²) in [6, 6.07) is 4.33. The van der Waals surface area contributed by atoms with Gasteiger partial charge in [0.2, 0.25) is 0 Å². The lowest BCUT2D eigenvalue weighted by atomic mass is 10.1. The maximum Gasteiger partial charge on any atom is 0.0839 e. The van der Waals surface area contributed by atoms with E-state index in [1.54, 1.807) is 11.3 Å². The van der Waals surface area contributed by atoms with Gasteiger partial charge in [-0.05, 0) is 46.1 Å². The van der Waals surface area contributed by atoms with Gasteiger partial charge in [0.15, 0.2) is 0 Å². The fourth-order valence-corrected chi connectivity index (χ4v) is 2.75. The van der Waals surface area contributed by atoms with Crippen molar-refractivity contribution in [1.82, 2.24) is 15.1 Å². The lowest BCUT2D eigenvalue weighted by Gasteiger charge is -2.11. The molecule has 0 saturated carbocycles. The van der Waals surface area contributed by atoms with Gasteiger partial charge in [0, 0.05) is 13.2 Å². The molecule has 0 bridgehead atoms. The normalized spacial score (nSPS) is 13.0. The molecule has 5 heteroatoms. The predicted molar refractivity (Wildman–Crippen MR) is 66.1 cm³/mol. The van der Waals surface area contributed by atoms with Crippen molar-refractivity contribution >= 4 is 27.3 Å². The summed E-state index contributed by atoms with van der Waals surface area (Å²) in [7, 11) is 3.88. The van der Waals surface area contributed by atoms with E-state index in [1.165, 1.54) is 5.56 Å². The monoisotopic (exact) mass is 285 g/mol. The number of hydrogen-bond donors (Lipinski definition) is 1. The molecule has 0 aliphatic heterocycles. The van der Waals surface area contributed by atoms with Crippen molar-refractivity contribution in [2.45, 2.75) is 6.04 Å². The van der Waals surface area contributed by atoms with Crippen molar-refractivity contribution in [3.63, 3.8) is 0 Å². The van der Waals surface area contributed by atoms with Crippen LogP contribution in [0.2, 0.25) is 0 Å². The van der Waals surface area contributed by atoms with Crippen LogP contribution in [-0.2, 0) is 7.05 Å². The molecule has 1 N–H and O–H groups in total. The fourth-order valence-electron chi connectivity index (χ4n) is 1.55. The number of aryl methyl sites for hydroxylation is 1. The summed E-state index contributed by atoms with van der Waals surface area (Å²) in [4.78, 5) is 0. The second kappa shape index (κ2) is 4.47. The summed E-state index contributed by atoms with van der Waals surface area (Å²) in [5.41, 5.74) is 2.29. The Bertz CT molecular complexity index is 409. The van der Waals surface area contributed by atoms with Crippen LogP contribution in [0.15, 0.2) is 27.5 Å². The van der Waals surface area contributed by atoms with Gasteiger partial charge >= 0.3 is 0 Å². The average molecular weight is 286 g/mol. The molecule has 2 heterocycles. The van der Waals surface area contributed by atoms with Crippen molar-refractivity contribution in [2.24, 2.45) is 7.05 Å². The van der Waals surface area contributed by atoms with Crippen molar-refractivity contribution in [3.8, 4) is 0 Å². The summed E-state index contributed by atoms with van der Waals surface area (Å²) in [6.45, 7) is 0. The first-order valence-electron chi connectivity index (χ1n) is 4.61. The van der Waals surface area contributed by atoms with Gasteiger partial charge in [-0.25, -0.2) is 0 Å². The zero-order chi connectivity index (χ0) is 10.8. The van der Waals surface area contributed by atoms with Crippen LogP contribution in [0.4, 0.5) is 0 Å². The van der Waals surface area contributed by atoms with Crippen LogP contribution in [0.25, 0.3) is 0 Å². The van der Waals surface area contributed by atoms with Gasteiger partial charge in [-0.15, -0.1) is 11.3 Å². The Kier molecular flexibility index (Phi) is 3.23. The maximum atomic E-state index is 4.41. The molecule has 2 aromatic rings. The van der Waals surface area contributed by atoms with E-state index in [-0.39, 0.29) is 6.04 Å². The first kappa shape index (κ1) is 10.9. The van der Waals surface area contributed by atoms with E-state index >= 15 is 0 Å². The molecule has 15 heavy (non-hydrogen) atoms. The van der Waals surface area contributed by atoms with Gasteiger partial charge < -0.3 is 5.32 Å². The van der Waals surface area contributed by atoms with E-state index in [0.717, 1.165) is 9.48 Å². The van der Waals surface area contributed by atoms with Crippen LogP contribution in [0.3, 0.4) is 0 Å². The van der Waals surface area contributed by atoms with Gasteiger partial charge in [0.1, 0.15) is 0 Å². The summed E-state index contributed by atoms with van der Waals surface area (Å²) in [6.07, 6.45) is 1.96. The quantitative estimate of drug-likeness (QED) is 0.939. The third-order valence-electron chi connectivity index (χ3n) is 2.24. The SMILES string of the molecule is CNC(c1csc(Br)c1)c1ccn(C)n1. The minimum Gasteiger partial charge on any atom is -0.308 e. The van der Waals surface area contributed by atoms with Gasteiger partial charge in [-0.3, -0.25) is 4.68 Å². The average Bonchev–Trinajstić information content (AvgIpc) is 2.78.